The van der Waals surface area contributed by atoms with E-state index in [-0.39, 0.29) is 29.4 Å². The summed E-state index contributed by atoms with van der Waals surface area (Å²) in [5.41, 5.74) is -0.946. The number of hydrogen-bond acceptors (Lipinski definition) is 4. The Morgan fingerprint density at radius 1 is 1.19 bits per heavy atom. The van der Waals surface area contributed by atoms with Crippen LogP contribution in [0.2, 0.25) is 0 Å². The minimum Gasteiger partial charge on any atom is -0.355 e. The molecule has 2 N–H and O–H groups in total. The maximum atomic E-state index is 12.3. The highest BCUT2D eigenvalue weighted by Crippen LogP contribution is 2.46. The molecule has 0 radical (unpaired) electrons. The highest BCUT2D eigenvalue weighted by atomic mass is 32.2. The number of unbranched alkanes of at least 4 members (excludes halogenated alkanes) is 2. The number of rotatable bonds is 7. The van der Waals surface area contributed by atoms with Crippen LogP contribution in [0.4, 0.5) is 0 Å². The number of hydrogen-bond donors (Lipinski definition) is 2. The van der Waals surface area contributed by atoms with Crippen molar-refractivity contribution < 1.29 is 18.0 Å². The molecular weight excluding hydrogens is 292 g/mol. The Bertz CT molecular complexity index is 511. The van der Waals surface area contributed by atoms with Crippen molar-refractivity contribution in [2.45, 2.75) is 51.5 Å². The van der Waals surface area contributed by atoms with Gasteiger partial charge in [-0.1, -0.05) is 19.8 Å². The van der Waals surface area contributed by atoms with Crippen LogP contribution < -0.4 is 10.6 Å². The van der Waals surface area contributed by atoms with E-state index in [2.05, 4.69) is 17.6 Å². The molecule has 0 aromatic rings. The Labute approximate surface area is 126 Å². The molecule has 7 heteroatoms. The van der Waals surface area contributed by atoms with E-state index in [9.17, 15) is 18.0 Å². The Balaban J connectivity index is 1.82. The van der Waals surface area contributed by atoms with Gasteiger partial charge in [0, 0.05) is 12.6 Å². The number of nitrogens with one attached hydrogen (secondary N) is 2. The molecule has 6 nitrogen and oxygen atoms in total. The molecular formula is C14H24N2O4S. The first kappa shape index (κ1) is 16.3. The van der Waals surface area contributed by atoms with Crippen LogP contribution in [0.15, 0.2) is 0 Å². The second-order valence-electron chi connectivity index (χ2n) is 6.12. The largest absolute Gasteiger partial charge is 0.355 e. The summed E-state index contributed by atoms with van der Waals surface area (Å²) >= 11 is 0. The van der Waals surface area contributed by atoms with Crippen molar-refractivity contribution in [3.05, 3.63) is 0 Å². The van der Waals surface area contributed by atoms with E-state index >= 15 is 0 Å². The maximum absolute atomic E-state index is 12.3. The number of amides is 2. The molecule has 0 spiro atoms. The summed E-state index contributed by atoms with van der Waals surface area (Å²) in [6.45, 7) is 2.69. The minimum atomic E-state index is -3.02. The molecule has 2 fully saturated rings. The van der Waals surface area contributed by atoms with Gasteiger partial charge in [0.2, 0.25) is 11.8 Å². The lowest BCUT2D eigenvalue weighted by Crippen LogP contribution is -2.47. The van der Waals surface area contributed by atoms with Crippen molar-refractivity contribution >= 4 is 21.7 Å². The minimum absolute atomic E-state index is 0.00700. The Kier molecular flexibility index (Phi) is 4.91. The van der Waals surface area contributed by atoms with E-state index in [4.69, 9.17) is 0 Å². The highest BCUT2D eigenvalue weighted by Gasteiger charge is 2.56. The average Bonchev–Trinajstić information content (AvgIpc) is 3.16. The molecule has 2 aliphatic rings. The molecule has 120 valence electrons. The summed E-state index contributed by atoms with van der Waals surface area (Å²) in [5.74, 6) is -0.407. The highest BCUT2D eigenvalue weighted by molar-refractivity contribution is 7.91. The second-order valence-corrected chi connectivity index (χ2v) is 8.35. The van der Waals surface area contributed by atoms with Crippen LogP contribution in [0.5, 0.6) is 0 Å². The molecule has 1 heterocycles. The normalized spacial score (nSPS) is 25.3. The van der Waals surface area contributed by atoms with Crippen LogP contribution >= 0.6 is 0 Å². The lowest BCUT2D eigenvalue weighted by Gasteiger charge is -2.18. The fourth-order valence-corrected chi connectivity index (χ4v) is 4.33. The second kappa shape index (κ2) is 6.34. The van der Waals surface area contributed by atoms with Crippen LogP contribution in [0.25, 0.3) is 0 Å². The van der Waals surface area contributed by atoms with E-state index < -0.39 is 15.3 Å². The van der Waals surface area contributed by atoms with Gasteiger partial charge in [-0.15, -0.1) is 0 Å². The first-order valence-corrected chi connectivity index (χ1v) is 9.51. The first-order valence-electron chi connectivity index (χ1n) is 7.69. The monoisotopic (exact) mass is 316 g/mol. The predicted molar refractivity (Wildman–Crippen MR) is 79.4 cm³/mol. The fourth-order valence-electron chi connectivity index (χ4n) is 2.66. The summed E-state index contributed by atoms with van der Waals surface area (Å²) in [6, 6.07) is -0.340. The standard InChI is InChI=1S/C14H24N2O4S/c1-2-3-4-8-15-12(17)14(6-7-14)13(18)16-11-5-9-21(19,20)10-11/h11H,2-10H2,1H3,(H,15,17)(H,16,18). The average molecular weight is 316 g/mol. The molecule has 1 saturated heterocycles. The van der Waals surface area contributed by atoms with E-state index in [1.54, 1.807) is 0 Å². The van der Waals surface area contributed by atoms with Gasteiger partial charge >= 0.3 is 0 Å². The molecule has 0 bridgehead atoms. The van der Waals surface area contributed by atoms with Crippen molar-refractivity contribution in [3.8, 4) is 0 Å². The van der Waals surface area contributed by atoms with Gasteiger partial charge in [-0.3, -0.25) is 9.59 Å². The number of carbonyl (C=O) groups excluding carboxylic acids is 2. The third-order valence-corrected chi connectivity index (χ3v) is 6.02. The molecule has 2 rings (SSSR count). The van der Waals surface area contributed by atoms with Gasteiger partial charge in [-0.2, -0.15) is 0 Å². The molecule has 1 saturated carbocycles. The topological polar surface area (TPSA) is 92.3 Å². The van der Waals surface area contributed by atoms with Crippen LogP contribution in [0.3, 0.4) is 0 Å². The SMILES string of the molecule is CCCCCNC(=O)C1(C(=O)NC2CCS(=O)(=O)C2)CC1. The first-order chi connectivity index (χ1) is 9.89. The summed E-state index contributed by atoms with van der Waals surface area (Å²) in [5, 5.41) is 5.57. The fraction of sp³-hybridized carbons (Fsp3) is 0.857. The molecule has 0 aromatic carbocycles. The number of carbonyl (C=O) groups is 2. The molecule has 2 amide bonds. The number of sulfone groups is 1. The molecule has 1 atom stereocenters. The van der Waals surface area contributed by atoms with Crippen LogP contribution in [0.1, 0.15) is 45.4 Å². The van der Waals surface area contributed by atoms with E-state index in [1.807, 2.05) is 0 Å². The zero-order valence-electron chi connectivity index (χ0n) is 12.5. The van der Waals surface area contributed by atoms with Crippen LogP contribution in [-0.4, -0.2) is 44.3 Å². The predicted octanol–water partition coefficient (Wildman–Crippen LogP) is 0.376. The van der Waals surface area contributed by atoms with E-state index in [0.29, 0.717) is 25.8 Å². The van der Waals surface area contributed by atoms with Crippen LogP contribution in [0, 0.1) is 5.41 Å². The lowest BCUT2D eigenvalue weighted by atomic mass is 10.0. The van der Waals surface area contributed by atoms with Crippen molar-refractivity contribution in [1.29, 1.82) is 0 Å². The Hall–Kier alpha value is -1.11. The summed E-state index contributed by atoms with van der Waals surface area (Å²) < 4.78 is 22.8. The molecule has 1 unspecified atom stereocenters. The Morgan fingerprint density at radius 3 is 2.43 bits per heavy atom. The van der Waals surface area contributed by atoms with Gasteiger partial charge < -0.3 is 10.6 Å². The zero-order valence-corrected chi connectivity index (χ0v) is 13.3. The van der Waals surface area contributed by atoms with Crippen molar-refractivity contribution in [1.82, 2.24) is 10.6 Å². The maximum Gasteiger partial charge on any atom is 0.235 e. The van der Waals surface area contributed by atoms with Gasteiger partial charge in [-0.25, -0.2) is 8.42 Å². The van der Waals surface area contributed by atoms with Crippen molar-refractivity contribution in [2.24, 2.45) is 5.41 Å². The van der Waals surface area contributed by atoms with E-state index in [0.717, 1.165) is 19.3 Å². The van der Waals surface area contributed by atoms with Gasteiger partial charge in [0.25, 0.3) is 0 Å². The summed E-state index contributed by atoms with van der Waals surface area (Å²) in [4.78, 5) is 24.4. The van der Waals surface area contributed by atoms with Gasteiger partial charge in [0.1, 0.15) is 5.41 Å². The third kappa shape index (κ3) is 3.96. The molecule has 21 heavy (non-hydrogen) atoms. The Morgan fingerprint density at radius 2 is 1.90 bits per heavy atom. The molecule has 1 aliphatic carbocycles. The van der Waals surface area contributed by atoms with Crippen molar-refractivity contribution in [3.63, 3.8) is 0 Å². The summed E-state index contributed by atoms with van der Waals surface area (Å²) in [7, 11) is -3.02. The van der Waals surface area contributed by atoms with Gasteiger partial charge in [0.05, 0.1) is 11.5 Å². The quantitative estimate of drug-likeness (QED) is 0.524. The van der Waals surface area contributed by atoms with Gasteiger partial charge in [-0.05, 0) is 25.7 Å². The third-order valence-electron chi connectivity index (χ3n) is 4.25. The molecule has 1 aliphatic heterocycles. The van der Waals surface area contributed by atoms with E-state index in [1.165, 1.54) is 0 Å². The lowest BCUT2D eigenvalue weighted by molar-refractivity contribution is -0.137. The van der Waals surface area contributed by atoms with Crippen molar-refractivity contribution in [2.75, 3.05) is 18.1 Å². The van der Waals surface area contributed by atoms with Crippen LogP contribution in [-0.2, 0) is 19.4 Å². The smallest absolute Gasteiger partial charge is 0.235 e. The summed E-state index contributed by atoms with van der Waals surface area (Å²) in [6.07, 6.45) is 4.61. The van der Waals surface area contributed by atoms with Gasteiger partial charge in [0.15, 0.2) is 9.84 Å². The zero-order chi connectivity index (χ0) is 15.5. The molecule has 0 aromatic heterocycles.